The van der Waals surface area contributed by atoms with E-state index in [4.69, 9.17) is 11.6 Å². The fourth-order valence-corrected chi connectivity index (χ4v) is 1.74. The van der Waals surface area contributed by atoms with E-state index in [9.17, 15) is 19.7 Å². The van der Waals surface area contributed by atoms with Crippen LogP contribution in [0, 0.1) is 10.1 Å². The van der Waals surface area contributed by atoms with Crippen LogP contribution < -0.4 is 5.32 Å². The zero-order valence-electron chi connectivity index (χ0n) is 11.1. The molecule has 108 valence electrons. The molecule has 20 heavy (non-hydrogen) atoms. The van der Waals surface area contributed by atoms with Gasteiger partial charge in [0.1, 0.15) is 0 Å². The highest BCUT2D eigenvalue weighted by atomic mass is 35.5. The molecule has 0 bridgehead atoms. The molecule has 8 heteroatoms. The summed E-state index contributed by atoms with van der Waals surface area (Å²) in [5.41, 5.74) is -0.239. The first kappa shape index (κ1) is 15.9. The molecular weight excluding hydrogens is 286 g/mol. The van der Waals surface area contributed by atoms with E-state index >= 15 is 0 Å². The molecule has 2 amide bonds. The summed E-state index contributed by atoms with van der Waals surface area (Å²) < 4.78 is 0. The number of amides is 2. The molecule has 0 aliphatic rings. The quantitative estimate of drug-likeness (QED) is 0.658. The van der Waals surface area contributed by atoms with Crippen molar-refractivity contribution in [2.75, 3.05) is 20.1 Å². The summed E-state index contributed by atoms with van der Waals surface area (Å²) in [4.78, 5) is 34.7. The largest absolute Gasteiger partial charge is 0.355 e. The molecule has 0 radical (unpaired) electrons. The van der Waals surface area contributed by atoms with Crippen LogP contribution in [0.25, 0.3) is 0 Å². The van der Waals surface area contributed by atoms with Gasteiger partial charge in [-0.05, 0) is 13.0 Å². The van der Waals surface area contributed by atoms with Gasteiger partial charge in [-0.1, -0.05) is 11.6 Å². The second kappa shape index (κ2) is 6.85. The maximum Gasteiger partial charge on any atom is 0.270 e. The summed E-state index contributed by atoms with van der Waals surface area (Å²) in [6.07, 6.45) is 0. The molecule has 1 rings (SSSR count). The van der Waals surface area contributed by atoms with Crippen molar-refractivity contribution in [3.8, 4) is 0 Å². The van der Waals surface area contributed by atoms with Crippen LogP contribution in [0.3, 0.4) is 0 Å². The van der Waals surface area contributed by atoms with Crippen LogP contribution in [0.15, 0.2) is 18.2 Å². The van der Waals surface area contributed by atoms with Gasteiger partial charge < -0.3 is 10.2 Å². The fourth-order valence-electron chi connectivity index (χ4n) is 1.54. The van der Waals surface area contributed by atoms with Gasteiger partial charge >= 0.3 is 0 Å². The number of benzene rings is 1. The van der Waals surface area contributed by atoms with E-state index < -0.39 is 10.8 Å². The Morgan fingerprint density at radius 3 is 2.65 bits per heavy atom. The highest BCUT2D eigenvalue weighted by Crippen LogP contribution is 2.23. The van der Waals surface area contributed by atoms with Gasteiger partial charge in [0.05, 0.1) is 22.1 Å². The highest BCUT2D eigenvalue weighted by molar-refractivity contribution is 6.34. The second-order valence-electron chi connectivity index (χ2n) is 4.04. The summed E-state index contributed by atoms with van der Waals surface area (Å²) in [7, 11) is 1.42. The molecule has 0 fully saturated rings. The van der Waals surface area contributed by atoms with Crippen LogP contribution in [-0.4, -0.2) is 41.8 Å². The lowest BCUT2D eigenvalue weighted by Gasteiger charge is -2.17. The molecule has 0 aliphatic carbocycles. The number of nitro groups is 1. The lowest BCUT2D eigenvalue weighted by Crippen LogP contribution is -2.38. The molecule has 1 aromatic rings. The molecule has 0 unspecified atom stereocenters. The van der Waals surface area contributed by atoms with Crippen molar-refractivity contribution in [3.05, 3.63) is 38.9 Å². The minimum atomic E-state index is -0.614. The minimum Gasteiger partial charge on any atom is -0.355 e. The summed E-state index contributed by atoms with van der Waals surface area (Å²) in [5.74, 6) is -0.866. The van der Waals surface area contributed by atoms with Gasteiger partial charge in [-0.2, -0.15) is 0 Å². The predicted molar refractivity (Wildman–Crippen MR) is 73.8 cm³/mol. The number of rotatable bonds is 5. The normalized spacial score (nSPS) is 9.95. The molecule has 0 spiro atoms. The summed E-state index contributed by atoms with van der Waals surface area (Å²) in [5, 5.41) is 13.3. The number of halogens is 1. The van der Waals surface area contributed by atoms with E-state index in [1.165, 1.54) is 19.2 Å². The standard InChI is InChI=1S/C12H14ClN3O4/c1-3-14-11(17)7-15(2)12(18)9-6-8(16(19)20)4-5-10(9)13/h4-6H,3,7H2,1-2H3,(H,14,17). The monoisotopic (exact) mass is 299 g/mol. The van der Waals surface area contributed by atoms with Crippen molar-refractivity contribution in [1.29, 1.82) is 0 Å². The van der Waals surface area contributed by atoms with Crippen LogP contribution in [0.5, 0.6) is 0 Å². The maximum atomic E-state index is 12.1. The van der Waals surface area contributed by atoms with Crippen molar-refractivity contribution in [3.63, 3.8) is 0 Å². The van der Waals surface area contributed by atoms with Crippen molar-refractivity contribution >= 4 is 29.1 Å². The number of carbonyl (C=O) groups is 2. The molecule has 1 N–H and O–H groups in total. The molecule has 0 aromatic heterocycles. The first-order chi connectivity index (χ1) is 9.36. The van der Waals surface area contributed by atoms with Gasteiger partial charge in [0.2, 0.25) is 5.91 Å². The van der Waals surface area contributed by atoms with Crippen molar-refractivity contribution in [2.24, 2.45) is 0 Å². The Labute approximate surface area is 120 Å². The summed E-state index contributed by atoms with van der Waals surface area (Å²) in [6.45, 7) is 2.07. The van der Waals surface area contributed by atoms with Crippen molar-refractivity contribution in [1.82, 2.24) is 10.2 Å². The molecular formula is C12H14ClN3O4. The smallest absolute Gasteiger partial charge is 0.270 e. The third-order valence-electron chi connectivity index (χ3n) is 2.49. The van der Waals surface area contributed by atoms with Crippen LogP contribution in [0.1, 0.15) is 17.3 Å². The fraction of sp³-hybridized carbons (Fsp3) is 0.333. The highest BCUT2D eigenvalue weighted by Gasteiger charge is 2.20. The van der Waals surface area contributed by atoms with Crippen LogP contribution in [0.2, 0.25) is 5.02 Å². The number of hydrogen-bond donors (Lipinski definition) is 1. The first-order valence-electron chi connectivity index (χ1n) is 5.83. The molecule has 0 aliphatic heterocycles. The minimum absolute atomic E-state index is 0.00679. The van der Waals surface area contributed by atoms with Gasteiger partial charge in [0, 0.05) is 25.7 Å². The van der Waals surface area contributed by atoms with Crippen molar-refractivity contribution < 1.29 is 14.5 Å². The second-order valence-corrected chi connectivity index (χ2v) is 4.44. The van der Waals surface area contributed by atoms with E-state index in [1.54, 1.807) is 6.92 Å². The molecule has 0 saturated heterocycles. The van der Waals surface area contributed by atoms with E-state index in [0.29, 0.717) is 6.54 Å². The van der Waals surface area contributed by atoms with E-state index in [0.717, 1.165) is 11.0 Å². The van der Waals surface area contributed by atoms with Crippen LogP contribution in [-0.2, 0) is 4.79 Å². The summed E-state index contributed by atoms with van der Waals surface area (Å²) in [6, 6.07) is 3.59. The van der Waals surface area contributed by atoms with Gasteiger partial charge in [0.15, 0.2) is 0 Å². The van der Waals surface area contributed by atoms with Crippen molar-refractivity contribution in [2.45, 2.75) is 6.92 Å². The van der Waals surface area contributed by atoms with E-state index in [1.807, 2.05) is 0 Å². The van der Waals surface area contributed by atoms with Gasteiger partial charge in [-0.25, -0.2) is 0 Å². The Balaban J connectivity index is 2.93. The van der Waals surface area contributed by atoms with E-state index in [-0.39, 0.29) is 28.7 Å². The zero-order valence-corrected chi connectivity index (χ0v) is 11.8. The number of likely N-dealkylation sites (N-methyl/N-ethyl adjacent to an activating group) is 2. The number of carbonyl (C=O) groups excluding carboxylic acids is 2. The van der Waals surface area contributed by atoms with Crippen LogP contribution in [0.4, 0.5) is 5.69 Å². The Kier molecular flexibility index (Phi) is 5.45. The molecule has 1 aromatic carbocycles. The topological polar surface area (TPSA) is 92.6 Å². The number of nitrogens with zero attached hydrogens (tertiary/aromatic N) is 2. The lowest BCUT2D eigenvalue weighted by atomic mass is 10.1. The molecule has 0 heterocycles. The first-order valence-corrected chi connectivity index (χ1v) is 6.20. The predicted octanol–water partition coefficient (Wildman–Crippen LogP) is 1.46. The number of nitrogens with one attached hydrogen (secondary N) is 1. The van der Waals surface area contributed by atoms with Crippen LogP contribution >= 0.6 is 11.6 Å². The molecule has 7 nitrogen and oxygen atoms in total. The number of non-ortho nitro benzene ring substituents is 1. The summed E-state index contributed by atoms with van der Waals surface area (Å²) >= 11 is 5.87. The SMILES string of the molecule is CCNC(=O)CN(C)C(=O)c1cc([N+](=O)[O-])ccc1Cl. The Morgan fingerprint density at radius 1 is 1.45 bits per heavy atom. The molecule has 0 saturated carbocycles. The molecule has 0 atom stereocenters. The van der Waals surface area contributed by atoms with Gasteiger partial charge in [0.25, 0.3) is 11.6 Å². The number of hydrogen-bond acceptors (Lipinski definition) is 4. The Morgan fingerprint density at radius 2 is 2.10 bits per heavy atom. The third-order valence-corrected chi connectivity index (χ3v) is 2.82. The Hall–Kier alpha value is -2.15. The Bertz CT molecular complexity index is 548. The lowest BCUT2D eigenvalue weighted by molar-refractivity contribution is -0.384. The average Bonchev–Trinajstić information content (AvgIpc) is 2.38. The van der Waals surface area contributed by atoms with E-state index in [2.05, 4.69) is 5.32 Å². The third kappa shape index (κ3) is 3.92. The average molecular weight is 300 g/mol. The zero-order chi connectivity index (χ0) is 15.3. The van der Waals surface area contributed by atoms with Gasteiger partial charge in [-0.3, -0.25) is 19.7 Å². The van der Waals surface area contributed by atoms with Gasteiger partial charge in [-0.15, -0.1) is 0 Å². The maximum absolute atomic E-state index is 12.1. The number of nitro benzene ring substituents is 1.